The van der Waals surface area contributed by atoms with Crippen LogP contribution in [0.2, 0.25) is 0 Å². The van der Waals surface area contributed by atoms with Gasteiger partial charge in [-0.25, -0.2) is 19.2 Å². The fourth-order valence-electron chi connectivity index (χ4n) is 2.73. The molecule has 0 fully saturated rings. The van der Waals surface area contributed by atoms with Gasteiger partial charge in [0.2, 0.25) is 0 Å². The van der Waals surface area contributed by atoms with Gasteiger partial charge in [0.25, 0.3) is 0 Å². The average molecular weight is 565 g/mol. The molecular formula is C28H40N2O10. The first-order valence-corrected chi connectivity index (χ1v) is 12.9. The van der Waals surface area contributed by atoms with Crippen molar-refractivity contribution in [1.29, 1.82) is 0 Å². The van der Waals surface area contributed by atoms with Gasteiger partial charge in [0, 0.05) is 30.7 Å². The minimum Gasteiger partial charge on any atom is -0.491 e. The maximum atomic E-state index is 11.7. The number of carbonyl (C=O) groups excluding carboxylic acids is 4. The van der Waals surface area contributed by atoms with E-state index in [1.807, 2.05) is 24.3 Å². The number of hydrogen-bond donors (Lipinski definition) is 2. The van der Waals surface area contributed by atoms with E-state index in [4.69, 9.17) is 28.4 Å². The van der Waals surface area contributed by atoms with Crippen LogP contribution in [0.4, 0.5) is 9.59 Å². The highest BCUT2D eigenvalue weighted by Crippen LogP contribution is 2.12. The summed E-state index contributed by atoms with van der Waals surface area (Å²) in [7, 11) is 0. The summed E-state index contributed by atoms with van der Waals surface area (Å²) in [5, 5.41) is 5.15. The van der Waals surface area contributed by atoms with E-state index >= 15 is 0 Å². The molecule has 0 radical (unpaired) electrons. The molecule has 0 unspecified atom stereocenters. The van der Waals surface area contributed by atoms with Crippen LogP contribution in [0.25, 0.3) is 0 Å². The molecular weight excluding hydrogens is 524 g/mol. The van der Waals surface area contributed by atoms with E-state index in [2.05, 4.69) is 23.8 Å². The third kappa shape index (κ3) is 17.4. The van der Waals surface area contributed by atoms with Crippen molar-refractivity contribution in [1.82, 2.24) is 10.6 Å². The second-order valence-electron chi connectivity index (χ2n) is 8.52. The lowest BCUT2D eigenvalue weighted by molar-refractivity contribution is -0.139. The summed E-state index contributed by atoms with van der Waals surface area (Å²) in [6, 6.07) is 7.39. The highest BCUT2D eigenvalue weighted by Gasteiger charge is 2.06. The Bertz CT molecular complexity index is 962. The fourth-order valence-corrected chi connectivity index (χ4v) is 2.73. The Morgan fingerprint density at radius 3 is 1.68 bits per heavy atom. The SMILES string of the molecule is C=C(C)C(=O)OCCCNC(=O)OCCOCCOc1ccc(CCOC(=O)NCCCOC(=O)C(=C)C)cc1. The molecule has 222 valence electrons. The standard InChI is InChI=1S/C28H40N2O10/c1-21(2)25(31)37-14-5-12-29-27(33)39-16-11-23-7-9-24(10-8-23)36-19-17-35-18-20-40-28(34)30-13-6-15-38-26(32)22(3)4/h7-10H,1,3,5-6,11-20H2,2,4H3,(H,29,33)(H,30,34). The van der Waals surface area contributed by atoms with Crippen molar-refractivity contribution in [3.63, 3.8) is 0 Å². The summed E-state index contributed by atoms with van der Waals surface area (Å²) in [4.78, 5) is 45.7. The molecule has 0 saturated carbocycles. The van der Waals surface area contributed by atoms with Crippen LogP contribution in [-0.2, 0) is 39.7 Å². The van der Waals surface area contributed by atoms with Crippen molar-refractivity contribution in [2.75, 3.05) is 59.3 Å². The highest BCUT2D eigenvalue weighted by atomic mass is 16.6. The number of amides is 2. The van der Waals surface area contributed by atoms with E-state index in [1.165, 1.54) is 0 Å². The molecule has 40 heavy (non-hydrogen) atoms. The van der Waals surface area contributed by atoms with Crippen LogP contribution in [0, 0.1) is 0 Å². The molecule has 1 rings (SSSR count). The summed E-state index contributed by atoms with van der Waals surface area (Å²) in [6.45, 7) is 12.3. The van der Waals surface area contributed by atoms with Crippen molar-refractivity contribution in [2.24, 2.45) is 0 Å². The molecule has 0 saturated heterocycles. The van der Waals surface area contributed by atoms with Gasteiger partial charge in [0.1, 0.15) is 19.0 Å². The number of nitrogens with one attached hydrogen (secondary N) is 2. The van der Waals surface area contributed by atoms with Crippen LogP contribution in [0.3, 0.4) is 0 Å². The van der Waals surface area contributed by atoms with Crippen molar-refractivity contribution in [3.05, 3.63) is 54.1 Å². The van der Waals surface area contributed by atoms with Crippen molar-refractivity contribution >= 4 is 24.1 Å². The number of esters is 2. The van der Waals surface area contributed by atoms with Gasteiger partial charge < -0.3 is 39.1 Å². The summed E-state index contributed by atoms with van der Waals surface area (Å²) < 4.78 is 31.0. The largest absolute Gasteiger partial charge is 0.491 e. The Morgan fingerprint density at radius 2 is 1.15 bits per heavy atom. The number of ether oxygens (including phenoxy) is 6. The van der Waals surface area contributed by atoms with E-state index in [9.17, 15) is 19.2 Å². The zero-order valence-electron chi connectivity index (χ0n) is 23.3. The lowest BCUT2D eigenvalue weighted by atomic mass is 10.1. The van der Waals surface area contributed by atoms with Gasteiger partial charge in [-0.05, 0) is 44.4 Å². The van der Waals surface area contributed by atoms with Crippen LogP contribution in [0.15, 0.2) is 48.6 Å². The predicted molar refractivity (Wildman–Crippen MR) is 146 cm³/mol. The van der Waals surface area contributed by atoms with Crippen molar-refractivity contribution in [3.8, 4) is 5.75 Å². The lowest BCUT2D eigenvalue weighted by Gasteiger charge is -2.10. The van der Waals surface area contributed by atoms with E-state index < -0.39 is 24.1 Å². The van der Waals surface area contributed by atoms with Gasteiger partial charge in [-0.2, -0.15) is 0 Å². The first-order chi connectivity index (χ1) is 19.2. The Kier molecular flexibility index (Phi) is 17.7. The molecule has 0 aliphatic heterocycles. The zero-order valence-corrected chi connectivity index (χ0v) is 23.3. The molecule has 0 bridgehead atoms. The summed E-state index contributed by atoms with van der Waals surface area (Å²) in [6.07, 6.45) is 0.382. The Balaban J connectivity index is 2.01. The molecule has 0 spiro atoms. The number of rotatable bonds is 20. The molecule has 1 aromatic carbocycles. The molecule has 2 N–H and O–H groups in total. The van der Waals surface area contributed by atoms with E-state index in [1.54, 1.807) is 13.8 Å². The fraction of sp³-hybridized carbons (Fsp3) is 0.500. The normalized spacial score (nSPS) is 10.2. The van der Waals surface area contributed by atoms with Crippen LogP contribution >= 0.6 is 0 Å². The lowest BCUT2D eigenvalue weighted by Crippen LogP contribution is -2.27. The van der Waals surface area contributed by atoms with Gasteiger partial charge in [-0.3, -0.25) is 0 Å². The molecule has 1 aromatic rings. The molecule has 0 heterocycles. The third-order valence-corrected chi connectivity index (χ3v) is 4.85. The van der Waals surface area contributed by atoms with Crippen LogP contribution in [-0.4, -0.2) is 83.5 Å². The number of alkyl carbamates (subject to hydrolysis) is 2. The quantitative estimate of drug-likeness (QED) is 0.105. The maximum absolute atomic E-state index is 11.7. The van der Waals surface area contributed by atoms with Crippen LogP contribution in [0.5, 0.6) is 5.75 Å². The predicted octanol–water partition coefficient (Wildman–Crippen LogP) is 3.10. The van der Waals surface area contributed by atoms with Crippen LogP contribution in [0.1, 0.15) is 32.3 Å². The zero-order chi connectivity index (χ0) is 29.6. The summed E-state index contributed by atoms with van der Waals surface area (Å²) in [5.41, 5.74) is 1.64. The minimum absolute atomic E-state index is 0.0934. The molecule has 0 aliphatic carbocycles. The highest BCUT2D eigenvalue weighted by molar-refractivity contribution is 5.87. The monoisotopic (exact) mass is 564 g/mol. The van der Waals surface area contributed by atoms with Gasteiger partial charge in [-0.1, -0.05) is 25.3 Å². The molecule has 0 aliphatic rings. The Morgan fingerprint density at radius 1 is 0.650 bits per heavy atom. The third-order valence-electron chi connectivity index (χ3n) is 4.85. The number of hydrogen-bond acceptors (Lipinski definition) is 10. The van der Waals surface area contributed by atoms with Crippen LogP contribution < -0.4 is 15.4 Å². The van der Waals surface area contributed by atoms with Gasteiger partial charge in [0.05, 0.1) is 33.0 Å². The molecule has 12 heteroatoms. The molecule has 0 atom stereocenters. The number of benzene rings is 1. The van der Waals surface area contributed by atoms with E-state index in [0.717, 1.165) is 5.56 Å². The molecule has 12 nitrogen and oxygen atoms in total. The first-order valence-electron chi connectivity index (χ1n) is 12.9. The van der Waals surface area contributed by atoms with Crippen molar-refractivity contribution in [2.45, 2.75) is 33.1 Å². The molecule has 2 amide bonds. The summed E-state index contributed by atoms with van der Waals surface area (Å²) in [5.74, 6) is -0.241. The maximum Gasteiger partial charge on any atom is 0.407 e. The number of carbonyl (C=O) groups is 4. The van der Waals surface area contributed by atoms with Gasteiger partial charge in [-0.15, -0.1) is 0 Å². The second-order valence-corrected chi connectivity index (χ2v) is 8.52. The second kappa shape index (κ2) is 20.8. The van der Waals surface area contributed by atoms with Gasteiger partial charge >= 0.3 is 24.1 Å². The van der Waals surface area contributed by atoms with E-state index in [-0.39, 0.29) is 33.0 Å². The Hall–Kier alpha value is -4.06. The average Bonchev–Trinajstić information content (AvgIpc) is 2.92. The summed E-state index contributed by atoms with van der Waals surface area (Å²) >= 11 is 0. The van der Waals surface area contributed by atoms with Crippen molar-refractivity contribution < 1.29 is 47.6 Å². The molecule has 0 aromatic heterocycles. The van der Waals surface area contributed by atoms with Gasteiger partial charge in [0.15, 0.2) is 0 Å². The topological polar surface area (TPSA) is 148 Å². The minimum atomic E-state index is -0.573. The smallest absolute Gasteiger partial charge is 0.407 e. The first kappa shape index (κ1) is 34.0. The van der Waals surface area contributed by atoms with E-state index in [0.29, 0.717) is 62.5 Å². The Labute approximate surface area is 235 Å².